The van der Waals surface area contributed by atoms with Crippen molar-refractivity contribution in [1.82, 2.24) is 20.0 Å². The Kier molecular flexibility index (Phi) is 4.63. The van der Waals surface area contributed by atoms with Gasteiger partial charge in [-0.15, -0.1) is 0 Å². The average molecular weight is 374 g/mol. The summed E-state index contributed by atoms with van der Waals surface area (Å²) < 4.78 is 28.6. The molecule has 1 aliphatic heterocycles. The third kappa shape index (κ3) is 3.56. The van der Waals surface area contributed by atoms with Crippen LogP contribution in [0.5, 0.6) is 0 Å². The van der Waals surface area contributed by atoms with Crippen LogP contribution in [0.3, 0.4) is 0 Å². The maximum absolute atomic E-state index is 13.6. The van der Waals surface area contributed by atoms with Gasteiger partial charge in [0.05, 0.1) is 24.5 Å². The van der Waals surface area contributed by atoms with Crippen LogP contribution in [0, 0.1) is 11.6 Å². The monoisotopic (exact) mass is 374 g/mol. The van der Waals surface area contributed by atoms with Gasteiger partial charge in [0.15, 0.2) is 0 Å². The lowest BCUT2D eigenvalue weighted by molar-refractivity contribution is -0.133. The Bertz CT molecular complexity index is 876. The Morgan fingerprint density at radius 3 is 2.67 bits per heavy atom. The van der Waals surface area contributed by atoms with E-state index in [9.17, 15) is 18.4 Å². The minimum Gasteiger partial charge on any atom is -0.348 e. The minimum absolute atomic E-state index is 0.00966. The summed E-state index contributed by atoms with van der Waals surface area (Å²) in [6, 6.07) is 3.07. The van der Waals surface area contributed by atoms with E-state index in [0.717, 1.165) is 36.6 Å². The smallest absolute Gasteiger partial charge is 0.240 e. The van der Waals surface area contributed by atoms with Gasteiger partial charge >= 0.3 is 0 Å². The van der Waals surface area contributed by atoms with Crippen LogP contribution in [0.4, 0.5) is 8.78 Å². The van der Waals surface area contributed by atoms with Crippen molar-refractivity contribution >= 4 is 11.8 Å². The summed E-state index contributed by atoms with van der Waals surface area (Å²) in [5.41, 5.74) is 2.02. The number of hydrogen-bond donors (Lipinski definition) is 1. The van der Waals surface area contributed by atoms with Gasteiger partial charge in [-0.25, -0.2) is 13.5 Å². The van der Waals surface area contributed by atoms with Crippen molar-refractivity contribution in [1.29, 1.82) is 0 Å². The van der Waals surface area contributed by atoms with Crippen LogP contribution in [0.15, 0.2) is 24.4 Å². The molecule has 27 heavy (non-hydrogen) atoms. The predicted molar refractivity (Wildman–Crippen MR) is 93.1 cm³/mol. The van der Waals surface area contributed by atoms with Crippen LogP contribution in [-0.2, 0) is 16.0 Å². The molecule has 0 saturated carbocycles. The highest BCUT2D eigenvalue weighted by atomic mass is 19.1. The van der Waals surface area contributed by atoms with E-state index < -0.39 is 11.6 Å². The molecule has 4 rings (SSSR count). The van der Waals surface area contributed by atoms with Crippen LogP contribution in [0.1, 0.15) is 43.0 Å². The topological polar surface area (TPSA) is 67.2 Å². The molecule has 2 heterocycles. The fraction of sp³-hybridized carbons (Fsp3) is 0.421. The lowest BCUT2D eigenvalue weighted by Gasteiger charge is -2.25. The summed E-state index contributed by atoms with van der Waals surface area (Å²) >= 11 is 0. The van der Waals surface area contributed by atoms with E-state index in [2.05, 4.69) is 10.4 Å². The molecule has 2 aliphatic rings. The Morgan fingerprint density at radius 1 is 1.19 bits per heavy atom. The molecule has 1 aromatic carbocycles. The fourth-order valence-electron chi connectivity index (χ4n) is 3.88. The van der Waals surface area contributed by atoms with Crippen molar-refractivity contribution in [3.05, 3.63) is 47.3 Å². The van der Waals surface area contributed by atoms with Crippen molar-refractivity contribution in [3.8, 4) is 5.69 Å². The van der Waals surface area contributed by atoms with Gasteiger partial charge in [0.25, 0.3) is 0 Å². The van der Waals surface area contributed by atoms with Gasteiger partial charge in [-0.1, -0.05) is 0 Å². The lowest BCUT2D eigenvalue weighted by Crippen LogP contribution is -2.40. The molecule has 1 N–H and O–H groups in total. The zero-order chi connectivity index (χ0) is 19.0. The van der Waals surface area contributed by atoms with Crippen LogP contribution >= 0.6 is 0 Å². The molecule has 8 heteroatoms. The Balaban J connectivity index is 1.53. The molecule has 1 atom stereocenters. The Labute approximate surface area is 155 Å². The number of likely N-dealkylation sites (tertiary alicyclic amines) is 1. The first-order valence-electron chi connectivity index (χ1n) is 9.11. The molecule has 142 valence electrons. The standard InChI is InChI=1S/C19H20F2N4O2/c20-12-7-13(21)9-14(8-12)25-17-4-1-3-16(15(17)10-22-25)23-18(26)11-24-6-2-5-19(24)27/h7-10,16H,1-6,11H2,(H,23,26)/t16-/m1/s1. The van der Waals surface area contributed by atoms with E-state index in [4.69, 9.17) is 0 Å². The van der Waals surface area contributed by atoms with E-state index in [1.165, 1.54) is 16.8 Å². The molecular weight excluding hydrogens is 354 g/mol. The molecule has 0 radical (unpaired) electrons. The van der Waals surface area contributed by atoms with Gasteiger partial charge in [-0.2, -0.15) is 5.10 Å². The summed E-state index contributed by atoms with van der Waals surface area (Å²) in [5, 5.41) is 7.27. The number of fused-ring (bicyclic) bond motifs is 1. The van der Waals surface area contributed by atoms with Gasteiger partial charge in [0.1, 0.15) is 11.6 Å². The number of hydrogen-bond acceptors (Lipinski definition) is 3. The molecule has 1 aromatic heterocycles. The third-order valence-corrected chi connectivity index (χ3v) is 5.12. The van der Waals surface area contributed by atoms with Gasteiger partial charge in [0.2, 0.25) is 11.8 Å². The SMILES string of the molecule is O=C(CN1CCCC1=O)N[C@@H]1CCCc2c1cnn2-c1cc(F)cc(F)c1. The largest absolute Gasteiger partial charge is 0.348 e. The summed E-state index contributed by atoms with van der Waals surface area (Å²) in [7, 11) is 0. The lowest BCUT2D eigenvalue weighted by atomic mass is 9.93. The third-order valence-electron chi connectivity index (χ3n) is 5.12. The van der Waals surface area contributed by atoms with Crippen LogP contribution in [-0.4, -0.2) is 39.6 Å². The molecule has 1 fully saturated rings. The number of aromatic nitrogens is 2. The van der Waals surface area contributed by atoms with Crippen molar-refractivity contribution in [3.63, 3.8) is 0 Å². The number of amides is 2. The second-order valence-electron chi connectivity index (χ2n) is 7.02. The van der Waals surface area contributed by atoms with Gasteiger partial charge < -0.3 is 10.2 Å². The van der Waals surface area contributed by atoms with Gasteiger partial charge in [0, 0.05) is 30.3 Å². The van der Waals surface area contributed by atoms with E-state index >= 15 is 0 Å². The van der Waals surface area contributed by atoms with Gasteiger partial charge in [-0.3, -0.25) is 9.59 Å². The second kappa shape index (κ2) is 7.09. The van der Waals surface area contributed by atoms with Crippen LogP contribution in [0.25, 0.3) is 5.69 Å². The van der Waals surface area contributed by atoms with Crippen LogP contribution < -0.4 is 5.32 Å². The highest BCUT2D eigenvalue weighted by Crippen LogP contribution is 2.31. The maximum Gasteiger partial charge on any atom is 0.240 e. The van der Waals surface area contributed by atoms with Crippen molar-refractivity contribution in [2.45, 2.75) is 38.1 Å². The summed E-state index contributed by atoms with van der Waals surface area (Å²) in [6.07, 6.45) is 5.22. The number of nitrogens with zero attached hydrogens (tertiary/aromatic N) is 3. The normalized spacial score (nSPS) is 19.3. The molecule has 6 nitrogen and oxygen atoms in total. The first-order valence-corrected chi connectivity index (χ1v) is 9.11. The maximum atomic E-state index is 13.6. The molecular formula is C19H20F2N4O2. The second-order valence-corrected chi connectivity index (χ2v) is 7.02. The quantitative estimate of drug-likeness (QED) is 0.893. The van der Waals surface area contributed by atoms with Crippen molar-refractivity contribution < 1.29 is 18.4 Å². The number of carbonyl (C=O) groups is 2. The number of carbonyl (C=O) groups excluding carboxylic acids is 2. The molecule has 0 unspecified atom stereocenters. The molecule has 1 aliphatic carbocycles. The van der Waals surface area contributed by atoms with E-state index in [0.29, 0.717) is 25.1 Å². The summed E-state index contributed by atoms with van der Waals surface area (Å²) in [4.78, 5) is 25.6. The Morgan fingerprint density at radius 2 is 1.96 bits per heavy atom. The van der Waals surface area contributed by atoms with E-state index in [1.807, 2.05) is 0 Å². The first kappa shape index (κ1) is 17.6. The average Bonchev–Trinajstić information content (AvgIpc) is 3.21. The van der Waals surface area contributed by atoms with Crippen molar-refractivity contribution in [2.24, 2.45) is 0 Å². The minimum atomic E-state index is -0.662. The number of benzene rings is 1. The van der Waals surface area contributed by atoms with E-state index in [1.54, 1.807) is 11.1 Å². The highest BCUT2D eigenvalue weighted by molar-refractivity contribution is 5.86. The Hall–Kier alpha value is -2.77. The zero-order valence-corrected chi connectivity index (χ0v) is 14.8. The fourth-order valence-corrected chi connectivity index (χ4v) is 3.88. The molecule has 2 aromatic rings. The molecule has 2 amide bonds. The van der Waals surface area contributed by atoms with Crippen LogP contribution in [0.2, 0.25) is 0 Å². The highest BCUT2D eigenvalue weighted by Gasteiger charge is 2.28. The summed E-state index contributed by atoms with van der Waals surface area (Å²) in [6.45, 7) is 0.680. The van der Waals surface area contributed by atoms with Gasteiger partial charge in [-0.05, 0) is 37.8 Å². The zero-order valence-electron chi connectivity index (χ0n) is 14.8. The summed E-state index contributed by atoms with van der Waals surface area (Å²) in [5.74, 6) is -1.52. The first-order chi connectivity index (χ1) is 13.0. The number of rotatable bonds is 4. The number of halogens is 2. The number of nitrogens with one attached hydrogen (secondary N) is 1. The van der Waals surface area contributed by atoms with Crippen molar-refractivity contribution in [2.75, 3.05) is 13.1 Å². The molecule has 0 spiro atoms. The predicted octanol–water partition coefficient (Wildman–Crippen LogP) is 2.27. The molecule has 0 bridgehead atoms. The molecule has 1 saturated heterocycles. The van der Waals surface area contributed by atoms with E-state index in [-0.39, 0.29) is 24.4 Å².